The molecule has 132 valence electrons. The fourth-order valence-corrected chi connectivity index (χ4v) is 2.18. The van der Waals surface area contributed by atoms with Crippen molar-refractivity contribution in [3.8, 4) is 11.8 Å². The van der Waals surface area contributed by atoms with Crippen LogP contribution in [-0.2, 0) is 18.4 Å². The lowest BCUT2D eigenvalue weighted by Gasteiger charge is -2.04. The molecule has 0 aliphatic heterocycles. The summed E-state index contributed by atoms with van der Waals surface area (Å²) in [7, 11) is 1.49. The number of imidazole rings is 1. The fraction of sp³-hybridized carbons (Fsp3) is 0.176. The molecule has 0 radical (unpaired) electrons. The Balaban J connectivity index is 1.58. The number of fused-ring (bicyclic) bond motifs is 1. The number of rotatable bonds is 3. The number of nitrogens with zero attached hydrogens (tertiary/aromatic N) is 2. The lowest BCUT2D eigenvalue weighted by molar-refractivity contribution is 0.141. The first kappa shape index (κ1) is 17.0. The smallest absolute Gasteiger partial charge is 0.408 e. The molecule has 26 heavy (non-hydrogen) atoms. The highest BCUT2D eigenvalue weighted by Crippen LogP contribution is 2.02. The van der Waals surface area contributed by atoms with E-state index in [4.69, 9.17) is 4.74 Å². The Kier molecular flexibility index (Phi) is 4.85. The van der Waals surface area contributed by atoms with Gasteiger partial charge in [-0.2, -0.15) is 0 Å². The summed E-state index contributed by atoms with van der Waals surface area (Å²) in [6.45, 7) is 0.209. The van der Waals surface area contributed by atoms with Crippen molar-refractivity contribution in [2.24, 2.45) is 7.05 Å². The first-order valence-corrected chi connectivity index (χ1v) is 7.67. The van der Waals surface area contributed by atoms with Gasteiger partial charge < -0.3 is 15.0 Å². The number of aryl methyl sites for hydroxylation is 1. The molecule has 1 amide bonds. The summed E-state index contributed by atoms with van der Waals surface area (Å²) in [6.07, 6.45) is -0.591. The van der Waals surface area contributed by atoms with Crippen LogP contribution < -0.4 is 16.6 Å². The summed E-state index contributed by atoms with van der Waals surface area (Å²) in [5.74, 6) is 5.59. The molecular formula is C17H15N5O4. The number of benzene rings is 1. The Morgan fingerprint density at radius 2 is 2.04 bits per heavy atom. The molecule has 0 spiro atoms. The molecule has 3 aromatic rings. The van der Waals surface area contributed by atoms with Gasteiger partial charge in [-0.15, -0.1) is 0 Å². The van der Waals surface area contributed by atoms with E-state index in [9.17, 15) is 14.4 Å². The van der Waals surface area contributed by atoms with Crippen molar-refractivity contribution >= 4 is 17.3 Å². The number of carbonyl (C=O) groups is 1. The minimum Gasteiger partial charge on any atom is -0.445 e. The van der Waals surface area contributed by atoms with Crippen LogP contribution in [0.4, 0.5) is 4.79 Å². The number of hydrogen-bond acceptors (Lipinski definition) is 5. The zero-order chi connectivity index (χ0) is 18.5. The van der Waals surface area contributed by atoms with Gasteiger partial charge >= 0.3 is 11.8 Å². The number of aromatic nitrogens is 4. The van der Waals surface area contributed by atoms with Gasteiger partial charge in [0.2, 0.25) is 0 Å². The minimum absolute atomic E-state index is 0.0416. The second kappa shape index (κ2) is 7.40. The van der Waals surface area contributed by atoms with E-state index in [-0.39, 0.29) is 30.1 Å². The van der Waals surface area contributed by atoms with Gasteiger partial charge in [-0.25, -0.2) is 14.6 Å². The topological polar surface area (TPSA) is 122 Å². The molecule has 0 fully saturated rings. The second-order valence-electron chi connectivity index (χ2n) is 5.32. The van der Waals surface area contributed by atoms with Crippen molar-refractivity contribution in [3.63, 3.8) is 0 Å². The van der Waals surface area contributed by atoms with Crippen LogP contribution in [0.2, 0.25) is 0 Å². The molecule has 0 saturated carbocycles. The fourth-order valence-electron chi connectivity index (χ4n) is 2.18. The molecular weight excluding hydrogens is 338 g/mol. The SMILES string of the molecule is Cn1c(=O)[nH]c(=O)c2[nH]c(C#CCNC(=O)OCc3ccccc3)nc21. The third-order valence-electron chi connectivity index (χ3n) is 3.50. The van der Waals surface area contributed by atoms with Crippen molar-refractivity contribution in [2.45, 2.75) is 6.61 Å². The average Bonchev–Trinajstić information content (AvgIpc) is 3.07. The lowest BCUT2D eigenvalue weighted by Crippen LogP contribution is -2.28. The van der Waals surface area contributed by atoms with E-state index >= 15 is 0 Å². The average molecular weight is 353 g/mol. The monoisotopic (exact) mass is 353 g/mol. The maximum absolute atomic E-state index is 11.7. The van der Waals surface area contributed by atoms with Gasteiger partial charge in [0.15, 0.2) is 17.0 Å². The van der Waals surface area contributed by atoms with Gasteiger partial charge in [0, 0.05) is 7.05 Å². The molecule has 3 N–H and O–H groups in total. The van der Waals surface area contributed by atoms with Crippen molar-refractivity contribution in [1.82, 2.24) is 24.8 Å². The first-order chi connectivity index (χ1) is 12.5. The molecule has 0 unspecified atom stereocenters. The van der Waals surface area contributed by atoms with Gasteiger partial charge in [0.25, 0.3) is 5.56 Å². The summed E-state index contributed by atoms with van der Waals surface area (Å²) in [6, 6.07) is 9.29. The van der Waals surface area contributed by atoms with Crippen LogP contribution in [0.15, 0.2) is 39.9 Å². The molecule has 2 aromatic heterocycles. The summed E-state index contributed by atoms with van der Waals surface area (Å²) in [4.78, 5) is 43.8. The Hall–Kier alpha value is -3.80. The van der Waals surface area contributed by atoms with Crippen LogP contribution in [0.1, 0.15) is 11.4 Å². The molecule has 3 rings (SSSR count). The van der Waals surface area contributed by atoms with Crippen LogP contribution in [-0.4, -0.2) is 32.2 Å². The largest absolute Gasteiger partial charge is 0.445 e. The Morgan fingerprint density at radius 3 is 2.81 bits per heavy atom. The molecule has 0 saturated heterocycles. The van der Waals surface area contributed by atoms with Gasteiger partial charge in [-0.1, -0.05) is 36.3 Å². The van der Waals surface area contributed by atoms with Crippen molar-refractivity contribution in [3.05, 3.63) is 62.6 Å². The number of nitrogens with one attached hydrogen (secondary N) is 3. The van der Waals surface area contributed by atoms with Crippen LogP contribution in [0.5, 0.6) is 0 Å². The lowest BCUT2D eigenvalue weighted by atomic mass is 10.2. The predicted molar refractivity (Wildman–Crippen MR) is 93.5 cm³/mol. The van der Waals surface area contributed by atoms with E-state index in [2.05, 4.69) is 32.1 Å². The maximum Gasteiger partial charge on any atom is 0.408 e. The summed E-state index contributed by atoms with van der Waals surface area (Å²) in [5.41, 5.74) is 0.124. The normalized spacial score (nSPS) is 10.2. The zero-order valence-electron chi connectivity index (χ0n) is 13.8. The standard InChI is InChI=1S/C17H15N5O4/c1-22-14-13(15(23)21-16(22)24)19-12(20-14)8-5-9-18-17(25)26-10-11-6-3-2-4-7-11/h2-4,6-7H,9-10H2,1H3,(H,18,25)(H,19,20)(H,21,23,24). The molecule has 0 bridgehead atoms. The quantitative estimate of drug-likeness (QED) is 0.582. The van der Waals surface area contributed by atoms with E-state index in [1.807, 2.05) is 30.3 Å². The Bertz CT molecular complexity index is 1120. The van der Waals surface area contributed by atoms with E-state index in [0.717, 1.165) is 5.56 Å². The number of hydrogen-bond donors (Lipinski definition) is 3. The van der Waals surface area contributed by atoms with Crippen LogP contribution >= 0.6 is 0 Å². The predicted octanol–water partition coefficient (Wildman–Crippen LogP) is 0.228. The first-order valence-electron chi connectivity index (χ1n) is 7.67. The van der Waals surface area contributed by atoms with Gasteiger partial charge in [-0.05, 0) is 11.5 Å². The Morgan fingerprint density at radius 1 is 1.27 bits per heavy atom. The summed E-state index contributed by atoms with van der Waals surface area (Å²) < 4.78 is 6.25. The van der Waals surface area contributed by atoms with E-state index in [0.29, 0.717) is 0 Å². The third kappa shape index (κ3) is 3.81. The van der Waals surface area contributed by atoms with Crippen LogP contribution in [0.25, 0.3) is 11.2 Å². The number of carbonyl (C=O) groups excluding carboxylic acids is 1. The van der Waals surface area contributed by atoms with Crippen molar-refractivity contribution in [2.75, 3.05) is 6.54 Å². The second-order valence-corrected chi connectivity index (χ2v) is 5.32. The molecule has 1 aromatic carbocycles. The summed E-state index contributed by atoms with van der Waals surface area (Å²) >= 11 is 0. The highest BCUT2D eigenvalue weighted by Gasteiger charge is 2.09. The molecule has 9 heteroatoms. The van der Waals surface area contributed by atoms with Crippen molar-refractivity contribution < 1.29 is 9.53 Å². The van der Waals surface area contributed by atoms with E-state index < -0.39 is 17.3 Å². The molecule has 0 aliphatic carbocycles. The zero-order valence-corrected chi connectivity index (χ0v) is 13.8. The Labute approximate surface area is 147 Å². The molecule has 0 atom stereocenters. The van der Waals surface area contributed by atoms with E-state index in [1.165, 1.54) is 11.6 Å². The van der Waals surface area contributed by atoms with Crippen LogP contribution in [0, 0.1) is 11.8 Å². The van der Waals surface area contributed by atoms with Crippen molar-refractivity contribution in [1.29, 1.82) is 0 Å². The summed E-state index contributed by atoms with van der Waals surface area (Å²) in [5, 5.41) is 2.49. The minimum atomic E-state index is -0.591. The highest BCUT2D eigenvalue weighted by atomic mass is 16.5. The number of amides is 1. The number of alkyl carbamates (subject to hydrolysis) is 1. The highest BCUT2D eigenvalue weighted by molar-refractivity contribution is 5.70. The van der Waals surface area contributed by atoms with Crippen LogP contribution in [0.3, 0.4) is 0 Å². The molecule has 2 heterocycles. The maximum atomic E-state index is 11.7. The third-order valence-corrected chi connectivity index (χ3v) is 3.50. The van der Waals surface area contributed by atoms with Gasteiger partial charge in [0.05, 0.1) is 6.54 Å². The molecule has 0 aliphatic rings. The van der Waals surface area contributed by atoms with E-state index in [1.54, 1.807) is 0 Å². The number of aromatic amines is 2. The number of H-pyrrole nitrogens is 2. The van der Waals surface area contributed by atoms with Gasteiger partial charge in [-0.3, -0.25) is 14.3 Å². The number of ether oxygens (including phenoxy) is 1. The molecule has 9 nitrogen and oxygen atoms in total. The van der Waals surface area contributed by atoms with Gasteiger partial charge in [0.1, 0.15) is 6.61 Å².